The van der Waals surface area contributed by atoms with Crippen LogP contribution >= 0.6 is 11.3 Å². The zero-order chi connectivity index (χ0) is 20.8. The number of hydrogen-bond donors (Lipinski definition) is 0. The van der Waals surface area contributed by atoms with Crippen molar-refractivity contribution in [1.82, 2.24) is 10.0 Å². The van der Waals surface area contributed by atoms with E-state index in [0.717, 1.165) is 23.5 Å². The Morgan fingerprint density at radius 1 is 1.00 bits per heavy atom. The molecular formula is C19H9F3N2O4S. The van der Waals surface area contributed by atoms with Gasteiger partial charge >= 0.3 is 12.1 Å². The summed E-state index contributed by atoms with van der Waals surface area (Å²) >= 11 is 0.929. The van der Waals surface area contributed by atoms with Crippen LogP contribution in [0.1, 0.15) is 36.8 Å². The van der Waals surface area contributed by atoms with Gasteiger partial charge in [-0.3, -0.25) is 9.59 Å². The number of halogens is 3. The fraction of sp³-hybridized carbons (Fsp3) is 0.0526. The minimum atomic E-state index is -4.51. The molecule has 1 aromatic heterocycles. The first-order chi connectivity index (χ1) is 13.8. The second kappa shape index (κ2) is 6.82. The first kappa shape index (κ1) is 18.8. The highest BCUT2D eigenvalue weighted by Gasteiger charge is 2.39. The van der Waals surface area contributed by atoms with Crippen LogP contribution in [-0.2, 0) is 11.0 Å². The summed E-state index contributed by atoms with van der Waals surface area (Å²) in [5.74, 6) is -2.64. The zero-order valence-corrected chi connectivity index (χ0v) is 15.1. The normalized spacial score (nSPS) is 13.6. The van der Waals surface area contributed by atoms with Gasteiger partial charge in [-0.25, -0.2) is 9.78 Å². The number of nitrogens with zero attached hydrogens (tertiary/aromatic N) is 2. The third-order valence-electron chi connectivity index (χ3n) is 4.08. The summed E-state index contributed by atoms with van der Waals surface area (Å²) in [7, 11) is 0. The number of benzene rings is 2. The van der Waals surface area contributed by atoms with Gasteiger partial charge in [0.05, 0.1) is 16.7 Å². The fourth-order valence-electron chi connectivity index (χ4n) is 2.71. The number of rotatable bonds is 3. The highest BCUT2D eigenvalue weighted by Crippen LogP contribution is 2.33. The van der Waals surface area contributed by atoms with E-state index in [1.807, 2.05) is 0 Å². The zero-order valence-electron chi connectivity index (χ0n) is 14.3. The van der Waals surface area contributed by atoms with E-state index in [1.54, 1.807) is 12.1 Å². The number of fused-ring (bicyclic) bond motifs is 1. The van der Waals surface area contributed by atoms with Crippen molar-refractivity contribution in [2.24, 2.45) is 0 Å². The molecular weight excluding hydrogens is 409 g/mol. The minimum absolute atomic E-state index is 0.105. The van der Waals surface area contributed by atoms with E-state index in [4.69, 9.17) is 4.84 Å². The number of carbonyl (C=O) groups is 3. The van der Waals surface area contributed by atoms with Gasteiger partial charge in [-0.1, -0.05) is 29.3 Å². The Morgan fingerprint density at radius 3 is 2.28 bits per heavy atom. The number of hydrogen-bond acceptors (Lipinski definition) is 6. The largest absolute Gasteiger partial charge is 0.416 e. The van der Waals surface area contributed by atoms with E-state index in [0.29, 0.717) is 5.06 Å². The summed E-state index contributed by atoms with van der Waals surface area (Å²) in [5.41, 5.74) is -0.703. The Bertz CT molecular complexity index is 1120. The van der Waals surface area contributed by atoms with E-state index in [2.05, 4.69) is 4.98 Å². The molecule has 2 amide bonds. The summed E-state index contributed by atoms with van der Waals surface area (Å²) < 4.78 is 38.6. The molecule has 0 radical (unpaired) electrons. The van der Waals surface area contributed by atoms with Crippen molar-refractivity contribution in [3.63, 3.8) is 0 Å². The van der Waals surface area contributed by atoms with Crippen LogP contribution in [0.15, 0.2) is 53.9 Å². The molecule has 0 saturated carbocycles. The molecule has 0 aliphatic carbocycles. The van der Waals surface area contributed by atoms with E-state index < -0.39 is 29.5 Å². The van der Waals surface area contributed by atoms with Crippen LogP contribution in [0.3, 0.4) is 0 Å². The highest BCUT2D eigenvalue weighted by atomic mass is 32.1. The number of carbonyl (C=O) groups excluding carboxylic acids is 3. The summed E-state index contributed by atoms with van der Waals surface area (Å²) in [4.78, 5) is 45.6. The number of alkyl halides is 3. The molecule has 3 aromatic rings. The van der Waals surface area contributed by atoms with Gasteiger partial charge in [-0.05, 0) is 24.3 Å². The topological polar surface area (TPSA) is 76.6 Å². The maximum atomic E-state index is 12.9. The monoisotopic (exact) mass is 418 g/mol. The predicted octanol–water partition coefficient (Wildman–Crippen LogP) is 4.20. The summed E-state index contributed by atoms with van der Waals surface area (Å²) in [6, 6.07) is 10.5. The van der Waals surface area contributed by atoms with Crippen molar-refractivity contribution in [2.45, 2.75) is 6.18 Å². The van der Waals surface area contributed by atoms with Crippen molar-refractivity contribution < 1.29 is 32.4 Å². The molecule has 146 valence electrons. The van der Waals surface area contributed by atoms with E-state index in [9.17, 15) is 27.6 Å². The molecule has 6 nitrogen and oxygen atoms in total. The average Bonchev–Trinajstić information content (AvgIpc) is 3.28. The lowest BCUT2D eigenvalue weighted by molar-refractivity contribution is -0.137. The molecule has 4 rings (SSSR count). The van der Waals surface area contributed by atoms with Crippen LogP contribution in [0, 0.1) is 0 Å². The maximum absolute atomic E-state index is 12.9. The third-order valence-corrected chi connectivity index (χ3v) is 4.97. The lowest BCUT2D eigenvalue weighted by atomic mass is 10.1. The molecule has 2 aromatic carbocycles. The average molecular weight is 418 g/mol. The summed E-state index contributed by atoms with van der Waals surface area (Å²) in [6.07, 6.45) is -4.51. The molecule has 0 atom stereocenters. The maximum Gasteiger partial charge on any atom is 0.416 e. The van der Waals surface area contributed by atoms with Crippen LogP contribution < -0.4 is 0 Å². The summed E-state index contributed by atoms with van der Waals surface area (Å²) in [6.45, 7) is 0. The quantitative estimate of drug-likeness (QED) is 0.596. The lowest BCUT2D eigenvalue weighted by Crippen LogP contribution is -2.32. The van der Waals surface area contributed by atoms with Crippen LogP contribution in [0.25, 0.3) is 10.6 Å². The molecule has 10 heteroatoms. The molecule has 0 saturated heterocycles. The van der Waals surface area contributed by atoms with Gasteiger partial charge < -0.3 is 4.84 Å². The number of hydroxylamine groups is 2. The van der Waals surface area contributed by atoms with Gasteiger partial charge in [0.1, 0.15) is 5.01 Å². The van der Waals surface area contributed by atoms with Crippen molar-refractivity contribution in [3.8, 4) is 10.6 Å². The van der Waals surface area contributed by atoms with Crippen LogP contribution in [0.2, 0.25) is 0 Å². The number of imide groups is 1. The van der Waals surface area contributed by atoms with Gasteiger partial charge in [0.2, 0.25) is 0 Å². The van der Waals surface area contributed by atoms with Gasteiger partial charge in [0.15, 0.2) is 5.69 Å². The van der Waals surface area contributed by atoms with Gasteiger partial charge in [0.25, 0.3) is 11.8 Å². The van der Waals surface area contributed by atoms with Crippen molar-refractivity contribution >= 4 is 29.1 Å². The Hall–Kier alpha value is -3.53. The first-order valence-corrected chi connectivity index (χ1v) is 8.97. The molecule has 0 spiro atoms. The van der Waals surface area contributed by atoms with Gasteiger partial charge in [0, 0.05) is 10.9 Å². The minimum Gasteiger partial charge on any atom is -0.322 e. The molecule has 0 fully saturated rings. The van der Waals surface area contributed by atoms with Crippen LogP contribution in [0.4, 0.5) is 13.2 Å². The summed E-state index contributed by atoms with van der Waals surface area (Å²) in [5, 5.41) is 1.78. The highest BCUT2D eigenvalue weighted by molar-refractivity contribution is 7.13. The number of amides is 2. The number of thiazole rings is 1. The third kappa shape index (κ3) is 3.38. The Kier molecular flexibility index (Phi) is 4.42. The molecule has 2 heterocycles. The fourth-order valence-corrected chi connectivity index (χ4v) is 3.49. The standard InChI is InChI=1S/C19H9F3N2O4S/c20-19(21,22)11-5-3-4-10(8-11)15-23-14(9-29-15)18(27)28-24-16(25)12-6-1-2-7-13(12)17(24)26/h1-9H. The molecule has 1 aliphatic heterocycles. The Morgan fingerprint density at radius 2 is 1.66 bits per heavy atom. The smallest absolute Gasteiger partial charge is 0.322 e. The first-order valence-electron chi connectivity index (χ1n) is 8.09. The molecule has 0 unspecified atom stereocenters. The van der Waals surface area contributed by atoms with Crippen molar-refractivity contribution in [1.29, 1.82) is 0 Å². The Labute approximate surface area is 165 Å². The molecule has 29 heavy (non-hydrogen) atoms. The second-order valence-electron chi connectivity index (χ2n) is 5.95. The van der Waals surface area contributed by atoms with Gasteiger partial charge in [-0.2, -0.15) is 13.2 Å². The second-order valence-corrected chi connectivity index (χ2v) is 6.80. The van der Waals surface area contributed by atoms with E-state index in [1.165, 1.54) is 29.6 Å². The number of aromatic nitrogens is 1. The molecule has 0 N–H and O–H groups in total. The van der Waals surface area contributed by atoms with Crippen LogP contribution in [0.5, 0.6) is 0 Å². The predicted molar refractivity (Wildman–Crippen MR) is 94.9 cm³/mol. The lowest BCUT2D eigenvalue weighted by Gasteiger charge is -2.11. The van der Waals surface area contributed by atoms with Crippen molar-refractivity contribution in [2.75, 3.05) is 0 Å². The Balaban J connectivity index is 1.55. The van der Waals surface area contributed by atoms with E-state index in [-0.39, 0.29) is 27.4 Å². The molecule has 0 bridgehead atoms. The molecule has 1 aliphatic rings. The van der Waals surface area contributed by atoms with E-state index >= 15 is 0 Å². The van der Waals surface area contributed by atoms with Gasteiger partial charge in [-0.15, -0.1) is 11.3 Å². The SMILES string of the molecule is O=C(ON1C(=O)c2ccccc2C1=O)c1csc(-c2cccc(C(F)(F)F)c2)n1. The van der Waals surface area contributed by atoms with Crippen LogP contribution in [-0.4, -0.2) is 27.8 Å². The van der Waals surface area contributed by atoms with Crippen molar-refractivity contribution in [3.05, 3.63) is 76.3 Å².